The number of amides is 1. The summed E-state index contributed by atoms with van der Waals surface area (Å²) < 4.78 is 12.7. The van der Waals surface area contributed by atoms with Crippen LogP contribution in [0, 0.1) is 5.82 Å². The van der Waals surface area contributed by atoms with Crippen molar-refractivity contribution in [1.29, 1.82) is 0 Å². The number of pyridine rings is 1. The van der Waals surface area contributed by atoms with Crippen LogP contribution >= 0.6 is 0 Å². The Morgan fingerprint density at radius 3 is 3.18 bits per heavy atom. The molecule has 1 aromatic heterocycles. The van der Waals surface area contributed by atoms with Gasteiger partial charge in [0.1, 0.15) is 5.82 Å². The number of hydrogen-bond donors (Lipinski definition) is 1. The first kappa shape index (κ1) is 7.65. The van der Waals surface area contributed by atoms with Crippen LogP contribution in [0.2, 0.25) is 0 Å². The molecule has 3 nitrogen and oxygen atoms in total. The van der Waals surface area contributed by atoms with Crippen molar-refractivity contribution in [2.45, 2.75) is 6.54 Å². The molecule has 0 aliphatic carbocycles. The molecule has 11 heavy (non-hydrogen) atoms. The van der Waals surface area contributed by atoms with Gasteiger partial charge < -0.3 is 5.32 Å². The van der Waals surface area contributed by atoms with Gasteiger partial charge in [0.25, 0.3) is 0 Å². The van der Waals surface area contributed by atoms with E-state index in [0.717, 1.165) is 0 Å². The molecule has 0 spiro atoms. The van der Waals surface area contributed by atoms with Crippen molar-refractivity contribution in [3.05, 3.63) is 29.8 Å². The summed E-state index contributed by atoms with van der Waals surface area (Å²) in [6.45, 7) is 0.135. The van der Waals surface area contributed by atoms with E-state index < -0.39 is 5.82 Å². The zero-order chi connectivity index (χ0) is 8.10. The fourth-order valence-electron chi connectivity index (χ4n) is 0.687. The third-order valence-electron chi connectivity index (χ3n) is 1.19. The average molecular weight is 154 g/mol. The molecule has 0 atom stereocenters. The summed E-state index contributed by atoms with van der Waals surface area (Å²) in [5.74, 6) is -0.401. The first-order chi connectivity index (χ1) is 5.34. The molecule has 1 rings (SSSR count). The third kappa shape index (κ3) is 2.00. The molecule has 4 heteroatoms. The minimum atomic E-state index is -0.401. The highest BCUT2D eigenvalue weighted by Crippen LogP contribution is 2.00. The lowest BCUT2D eigenvalue weighted by Gasteiger charge is -1.98. The van der Waals surface area contributed by atoms with Crippen molar-refractivity contribution in [3.8, 4) is 0 Å². The number of hydrogen-bond acceptors (Lipinski definition) is 2. The van der Waals surface area contributed by atoms with E-state index in [9.17, 15) is 9.18 Å². The summed E-state index contributed by atoms with van der Waals surface area (Å²) in [6, 6.07) is 2.80. The molecular formula is C7H7FN2O. The van der Waals surface area contributed by atoms with E-state index in [4.69, 9.17) is 0 Å². The van der Waals surface area contributed by atoms with Gasteiger partial charge in [-0.1, -0.05) is 0 Å². The largest absolute Gasteiger partial charge is 0.353 e. The van der Waals surface area contributed by atoms with Gasteiger partial charge in [0.05, 0.1) is 12.2 Å². The molecule has 1 N–H and O–H groups in total. The highest BCUT2D eigenvalue weighted by molar-refractivity contribution is 5.45. The second-order valence-corrected chi connectivity index (χ2v) is 1.93. The molecule has 0 aliphatic rings. The van der Waals surface area contributed by atoms with Crippen molar-refractivity contribution < 1.29 is 9.18 Å². The summed E-state index contributed by atoms with van der Waals surface area (Å²) in [7, 11) is 0. The van der Waals surface area contributed by atoms with E-state index in [-0.39, 0.29) is 12.2 Å². The number of nitrogens with one attached hydrogen (secondary N) is 1. The quantitative estimate of drug-likeness (QED) is 0.643. The predicted molar refractivity (Wildman–Crippen MR) is 37.1 cm³/mol. The maximum absolute atomic E-state index is 12.7. The van der Waals surface area contributed by atoms with Gasteiger partial charge in [0, 0.05) is 6.20 Å². The third-order valence-corrected chi connectivity index (χ3v) is 1.19. The summed E-state index contributed by atoms with van der Waals surface area (Å²) in [5.41, 5.74) is 0.250. The average Bonchev–Trinajstić information content (AvgIpc) is 2.03. The van der Waals surface area contributed by atoms with Gasteiger partial charge in [-0.25, -0.2) is 4.39 Å². The molecule has 0 aromatic carbocycles. The first-order valence-corrected chi connectivity index (χ1v) is 3.11. The van der Waals surface area contributed by atoms with Gasteiger partial charge in [-0.2, -0.15) is 0 Å². The lowest BCUT2D eigenvalue weighted by molar-refractivity contribution is -0.109. The number of carbonyl (C=O) groups is 1. The summed E-state index contributed by atoms with van der Waals surface area (Å²) in [4.78, 5) is 13.5. The van der Waals surface area contributed by atoms with Gasteiger partial charge in [-0.3, -0.25) is 9.78 Å². The fraction of sp³-hybridized carbons (Fsp3) is 0.143. The SMILES string of the molecule is O=CNCc1ncccc1F. The Balaban J connectivity index is 2.69. The van der Waals surface area contributed by atoms with E-state index in [0.29, 0.717) is 6.41 Å². The molecule has 0 saturated heterocycles. The van der Waals surface area contributed by atoms with E-state index in [1.165, 1.54) is 18.3 Å². The minimum absolute atomic E-state index is 0.135. The van der Waals surface area contributed by atoms with E-state index >= 15 is 0 Å². The van der Waals surface area contributed by atoms with Crippen LogP contribution in [0.1, 0.15) is 5.69 Å². The topological polar surface area (TPSA) is 42.0 Å². The smallest absolute Gasteiger partial charge is 0.207 e. The number of carbonyl (C=O) groups excluding carboxylic acids is 1. The predicted octanol–water partition coefficient (Wildman–Crippen LogP) is 0.467. The molecule has 1 aromatic rings. The lowest BCUT2D eigenvalue weighted by atomic mass is 10.3. The molecule has 0 aliphatic heterocycles. The maximum Gasteiger partial charge on any atom is 0.207 e. The van der Waals surface area contributed by atoms with Crippen LogP contribution in [-0.2, 0) is 11.3 Å². The monoisotopic (exact) mass is 154 g/mol. The van der Waals surface area contributed by atoms with Crippen LogP contribution in [0.4, 0.5) is 4.39 Å². The summed E-state index contributed by atoms with van der Waals surface area (Å²) >= 11 is 0. The molecule has 1 heterocycles. The van der Waals surface area contributed by atoms with Crippen LogP contribution in [-0.4, -0.2) is 11.4 Å². The van der Waals surface area contributed by atoms with Crippen LogP contribution in [0.5, 0.6) is 0 Å². The van der Waals surface area contributed by atoms with E-state index in [1.54, 1.807) is 0 Å². The van der Waals surface area contributed by atoms with E-state index in [1.807, 2.05) is 0 Å². The Morgan fingerprint density at radius 1 is 1.73 bits per heavy atom. The first-order valence-electron chi connectivity index (χ1n) is 3.11. The molecular weight excluding hydrogens is 147 g/mol. The van der Waals surface area contributed by atoms with Crippen LogP contribution in [0.15, 0.2) is 18.3 Å². The van der Waals surface area contributed by atoms with Crippen LogP contribution in [0.25, 0.3) is 0 Å². The Kier molecular flexibility index (Phi) is 2.54. The fourth-order valence-corrected chi connectivity index (χ4v) is 0.687. The minimum Gasteiger partial charge on any atom is -0.353 e. The van der Waals surface area contributed by atoms with Gasteiger partial charge in [-0.05, 0) is 12.1 Å². The lowest BCUT2D eigenvalue weighted by Crippen LogP contribution is -2.12. The van der Waals surface area contributed by atoms with Crippen molar-refractivity contribution in [1.82, 2.24) is 10.3 Å². The van der Waals surface area contributed by atoms with Gasteiger partial charge in [-0.15, -0.1) is 0 Å². The zero-order valence-corrected chi connectivity index (χ0v) is 5.75. The molecule has 1 amide bonds. The Labute approximate surface area is 63.3 Å². The molecule has 0 bridgehead atoms. The van der Waals surface area contributed by atoms with Crippen molar-refractivity contribution in [2.24, 2.45) is 0 Å². The normalized spacial score (nSPS) is 9.18. The van der Waals surface area contributed by atoms with Gasteiger partial charge in [0.15, 0.2) is 0 Å². The molecule has 58 valence electrons. The second-order valence-electron chi connectivity index (χ2n) is 1.93. The van der Waals surface area contributed by atoms with Crippen molar-refractivity contribution in [3.63, 3.8) is 0 Å². The summed E-state index contributed by atoms with van der Waals surface area (Å²) in [5, 5.41) is 2.32. The Bertz CT molecular complexity index is 252. The highest BCUT2D eigenvalue weighted by Gasteiger charge is 1.99. The van der Waals surface area contributed by atoms with Gasteiger partial charge in [0.2, 0.25) is 6.41 Å². The Hall–Kier alpha value is -1.45. The number of aromatic nitrogens is 1. The van der Waals surface area contributed by atoms with Crippen LogP contribution in [0.3, 0.4) is 0 Å². The number of nitrogens with zero attached hydrogens (tertiary/aromatic N) is 1. The molecule has 0 saturated carbocycles. The number of rotatable bonds is 3. The van der Waals surface area contributed by atoms with Crippen molar-refractivity contribution >= 4 is 6.41 Å². The molecule has 0 radical (unpaired) electrons. The highest BCUT2D eigenvalue weighted by atomic mass is 19.1. The zero-order valence-electron chi connectivity index (χ0n) is 5.75. The molecule has 0 fully saturated rings. The standard InChI is InChI=1S/C7H7FN2O/c8-6-2-1-3-10-7(6)4-9-5-11/h1-3,5H,4H2,(H,9,11). The molecule has 0 unspecified atom stereocenters. The second kappa shape index (κ2) is 3.65. The number of halogens is 1. The van der Waals surface area contributed by atoms with Gasteiger partial charge >= 0.3 is 0 Å². The summed E-state index contributed by atoms with van der Waals surface area (Å²) in [6.07, 6.45) is 1.99. The van der Waals surface area contributed by atoms with E-state index in [2.05, 4.69) is 10.3 Å². The van der Waals surface area contributed by atoms with Crippen molar-refractivity contribution in [2.75, 3.05) is 0 Å². The Morgan fingerprint density at radius 2 is 2.55 bits per heavy atom. The maximum atomic E-state index is 12.7. The van der Waals surface area contributed by atoms with Crippen LogP contribution < -0.4 is 5.32 Å².